The van der Waals surface area contributed by atoms with Crippen molar-refractivity contribution < 1.29 is 0 Å². The van der Waals surface area contributed by atoms with Gasteiger partial charge in [0.2, 0.25) is 0 Å². The maximum atomic E-state index is 5.89. The summed E-state index contributed by atoms with van der Waals surface area (Å²) < 4.78 is 1.95. The highest BCUT2D eigenvalue weighted by atomic mass is 32.2. The minimum atomic E-state index is 0.0911. The smallest absolute Gasteiger partial charge is 0.0530 e. The van der Waals surface area contributed by atoms with Gasteiger partial charge >= 0.3 is 0 Å². The van der Waals surface area contributed by atoms with Crippen molar-refractivity contribution in [1.29, 1.82) is 0 Å². The topological polar surface area (TPSA) is 43.8 Å². The summed E-state index contributed by atoms with van der Waals surface area (Å²) in [7, 11) is 0. The van der Waals surface area contributed by atoms with Gasteiger partial charge in [-0.15, -0.1) is 11.8 Å². The fourth-order valence-electron chi connectivity index (χ4n) is 1.71. The molecule has 0 saturated carbocycles. The molecule has 3 nitrogen and oxygen atoms in total. The third-order valence-electron chi connectivity index (χ3n) is 2.80. The van der Waals surface area contributed by atoms with E-state index in [1.54, 1.807) is 0 Å². The van der Waals surface area contributed by atoms with Gasteiger partial charge in [-0.25, -0.2) is 0 Å². The number of aromatic nitrogens is 2. The molecular weight excluding hydrogens is 242 g/mol. The van der Waals surface area contributed by atoms with Crippen LogP contribution in [0.1, 0.15) is 31.0 Å². The third-order valence-corrected chi connectivity index (χ3v) is 3.87. The average Bonchev–Trinajstić information content (AvgIpc) is 2.84. The van der Waals surface area contributed by atoms with E-state index in [-0.39, 0.29) is 6.04 Å². The Morgan fingerprint density at radius 2 is 2.28 bits per heavy atom. The standard InChI is InChI=1S/C14H19N3S/c1-3-17-9-12(8-16-17)10-18-14-6-4-5-13(7-14)11(2)15/h4-9,11H,3,10,15H2,1-2H3. The van der Waals surface area contributed by atoms with E-state index < -0.39 is 0 Å². The van der Waals surface area contributed by atoms with Crippen molar-refractivity contribution in [2.24, 2.45) is 5.73 Å². The van der Waals surface area contributed by atoms with Crippen molar-refractivity contribution in [1.82, 2.24) is 9.78 Å². The molecule has 18 heavy (non-hydrogen) atoms. The summed E-state index contributed by atoms with van der Waals surface area (Å²) in [4.78, 5) is 1.26. The van der Waals surface area contributed by atoms with Gasteiger partial charge in [0.25, 0.3) is 0 Å². The average molecular weight is 261 g/mol. The number of hydrogen-bond donors (Lipinski definition) is 1. The van der Waals surface area contributed by atoms with Crippen molar-refractivity contribution in [3.05, 3.63) is 47.8 Å². The highest BCUT2D eigenvalue weighted by molar-refractivity contribution is 7.98. The predicted molar refractivity (Wildman–Crippen MR) is 76.5 cm³/mol. The first-order valence-corrected chi connectivity index (χ1v) is 7.17. The zero-order valence-corrected chi connectivity index (χ0v) is 11.7. The molecule has 1 heterocycles. The van der Waals surface area contributed by atoms with Gasteiger partial charge in [0.15, 0.2) is 0 Å². The SMILES string of the molecule is CCn1cc(CSc2cccc(C(C)N)c2)cn1. The van der Waals surface area contributed by atoms with Crippen molar-refractivity contribution in [3.63, 3.8) is 0 Å². The lowest BCUT2D eigenvalue weighted by molar-refractivity contribution is 0.659. The number of rotatable bonds is 5. The Morgan fingerprint density at radius 1 is 1.44 bits per heavy atom. The zero-order chi connectivity index (χ0) is 13.0. The highest BCUT2D eigenvalue weighted by Crippen LogP contribution is 2.24. The largest absolute Gasteiger partial charge is 0.324 e. The molecular formula is C14H19N3S. The monoisotopic (exact) mass is 261 g/mol. The molecule has 0 fully saturated rings. The number of hydrogen-bond acceptors (Lipinski definition) is 3. The van der Waals surface area contributed by atoms with E-state index in [9.17, 15) is 0 Å². The van der Waals surface area contributed by atoms with Gasteiger partial charge < -0.3 is 5.73 Å². The Hall–Kier alpha value is -1.26. The maximum Gasteiger partial charge on any atom is 0.0530 e. The van der Waals surface area contributed by atoms with Crippen LogP contribution in [0.25, 0.3) is 0 Å². The normalized spacial score (nSPS) is 12.6. The molecule has 0 amide bonds. The molecule has 1 atom stereocenters. The number of aryl methyl sites for hydroxylation is 1. The Kier molecular flexibility index (Phi) is 4.44. The van der Waals surface area contributed by atoms with Crippen LogP contribution in [-0.4, -0.2) is 9.78 Å². The molecule has 2 aromatic rings. The van der Waals surface area contributed by atoms with Gasteiger partial charge in [-0.1, -0.05) is 12.1 Å². The molecule has 96 valence electrons. The minimum absolute atomic E-state index is 0.0911. The van der Waals surface area contributed by atoms with Gasteiger partial charge in [-0.3, -0.25) is 4.68 Å². The molecule has 0 bridgehead atoms. The Balaban J connectivity index is 1.99. The molecule has 4 heteroatoms. The number of thioether (sulfide) groups is 1. The number of nitrogens with two attached hydrogens (primary N) is 1. The Labute approximate surface area is 112 Å². The first-order chi connectivity index (χ1) is 8.69. The fraction of sp³-hybridized carbons (Fsp3) is 0.357. The van der Waals surface area contributed by atoms with Crippen LogP contribution in [-0.2, 0) is 12.3 Å². The first kappa shape index (κ1) is 13.2. The van der Waals surface area contributed by atoms with Crippen LogP contribution in [0.4, 0.5) is 0 Å². The second-order valence-electron chi connectivity index (χ2n) is 4.35. The predicted octanol–water partition coefficient (Wildman–Crippen LogP) is 3.22. The van der Waals surface area contributed by atoms with Crippen molar-refractivity contribution in [2.75, 3.05) is 0 Å². The van der Waals surface area contributed by atoms with E-state index >= 15 is 0 Å². The number of nitrogens with zero attached hydrogens (tertiary/aromatic N) is 2. The molecule has 2 N–H and O–H groups in total. The first-order valence-electron chi connectivity index (χ1n) is 6.18. The van der Waals surface area contributed by atoms with Crippen LogP contribution in [0.2, 0.25) is 0 Å². The summed E-state index contributed by atoms with van der Waals surface area (Å²) in [6.45, 7) is 5.02. The molecule has 0 aliphatic carbocycles. The van der Waals surface area contributed by atoms with Gasteiger partial charge in [0.1, 0.15) is 0 Å². The second kappa shape index (κ2) is 6.07. The van der Waals surface area contributed by atoms with E-state index in [4.69, 9.17) is 5.73 Å². The Bertz CT molecular complexity index is 505. The van der Waals surface area contributed by atoms with Gasteiger partial charge in [0.05, 0.1) is 6.20 Å². The summed E-state index contributed by atoms with van der Waals surface area (Å²) in [5, 5.41) is 4.28. The zero-order valence-electron chi connectivity index (χ0n) is 10.8. The van der Waals surface area contributed by atoms with Crippen LogP contribution in [0.15, 0.2) is 41.6 Å². The molecule has 0 saturated heterocycles. The van der Waals surface area contributed by atoms with Crippen LogP contribution in [0, 0.1) is 0 Å². The fourth-order valence-corrected chi connectivity index (χ4v) is 2.58. The maximum absolute atomic E-state index is 5.89. The van der Waals surface area contributed by atoms with Gasteiger partial charge in [-0.2, -0.15) is 5.10 Å². The summed E-state index contributed by atoms with van der Waals surface area (Å²) in [5.41, 5.74) is 8.33. The quantitative estimate of drug-likeness (QED) is 0.840. The minimum Gasteiger partial charge on any atom is -0.324 e. The van der Waals surface area contributed by atoms with E-state index in [0.717, 1.165) is 12.3 Å². The van der Waals surface area contributed by atoms with Gasteiger partial charge in [-0.05, 0) is 31.5 Å². The second-order valence-corrected chi connectivity index (χ2v) is 5.40. The lowest BCUT2D eigenvalue weighted by Crippen LogP contribution is -2.04. The molecule has 0 spiro atoms. The Morgan fingerprint density at radius 3 is 2.94 bits per heavy atom. The summed E-state index contributed by atoms with van der Waals surface area (Å²) >= 11 is 1.82. The van der Waals surface area contributed by atoms with E-state index in [2.05, 4.69) is 42.5 Å². The summed E-state index contributed by atoms with van der Waals surface area (Å²) in [5.74, 6) is 0.947. The summed E-state index contributed by atoms with van der Waals surface area (Å²) in [6, 6.07) is 8.52. The molecule has 1 aromatic carbocycles. The molecule has 2 rings (SSSR count). The number of benzene rings is 1. The van der Waals surface area contributed by atoms with Crippen molar-refractivity contribution in [2.45, 2.75) is 37.1 Å². The highest BCUT2D eigenvalue weighted by Gasteiger charge is 2.02. The summed E-state index contributed by atoms with van der Waals surface area (Å²) in [6.07, 6.45) is 4.04. The van der Waals surface area contributed by atoms with E-state index in [0.29, 0.717) is 0 Å². The van der Waals surface area contributed by atoms with Gasteiger partial charge in [0, 0.05) is 35.0 Å². The van der Waals surface area contributed by atoms with Crippen LogP contribution < -0.4 is 5.73 Å². The molecule has 0 aliphatic heterocycles. The van der Waals surface area contributed by atoms with Crippen LogP contribution >= 0.6 is 11.8 Å². The van der Waals surface area contributed by atoms with E-state index in [1.807, 2.05) is 29.6 Å². The van der Waals surface area contributed by atoms with Crippen molar-refractivity contribution in [3.8, 4) is 0 Å². The molecule has 0 radical (unpaired) electrons. The van der Waals surface area contributed by atoms with Crippen LogP contribution in [0.3, 0.4) is 0 Å². The van der Waals surface area contributed by atoms with Crippen LogP contribution in [0.5, 0.6) is 0 Å². The lowest BCUT2D eigenvalue weighted by Gasteiger charge is -2.07. The molecule has 0 aliphatic rings. The van der Waals surface area contributed by atoms with E-state index in [1.165, 1.54) is 16.0 Å². The third kappa shape index (κ3) is 3.37. The van der Waals surface area contributed by atoms with Crippen molar-refractivity contribution >= 4 is 11.8 Å². The molecule has 1 aromatic heterocycles. The lowest BCUT2D eigenvalue weighted by atomic mass is 10.1. The molecule has 1 unspecified atom stereocenters.